The average Bonchev–Trinajstić information content (AvgIpc) is 3.19. The van der Waals surface area contributed by atoms with Crippen LogP contribution in [0.3, 0.4) is 0 Å². The lowest BCUT2D eigenvalue weighted by molar-refractivity contribution is 0.0637. The molecule has 5 fully saturated rings. The van der Waals surface area contributed by atoms with E-state index in [0.29, 0.717) is 0 Å². The van der Waals surface area contributed by atoms with Gasteiger partial charge in [0, 0.05) is 18.6 Å². The fraction of sp³-hybridized carbons (Fsp3) is 1.00. The van der Waals surface area contributed by atoms with Gasteiger partial charge in [-0.3, -0.25) is 0 Å². The molecule has 2 heteroatoms. The van der Waals surface area contributed by atoms with Crippen molar-refractivity contribution in [1.29, 1.82) is 0 Å². The van der Waals surface area contributed by atoms with E-state index in [9.17, 15) is 0 Å². The van der Waals surface area contributed by atoms with Gasteiger partial charge >= 0.3 is 0 Å². The molecule has 16 heavy (non-hydrogen) atoms. The molecular weight excluding hydrogens is 196 g/mol. The van der Waals surface area contributed by atoms with Crippen LogP contribution < -0.4 is 5.32 Å². The second kappa shape index (κ2) is 3.71. The lowest BCUT2D eigenvalue weighted by Gasteiger charge is -2.46. The van der Waals surface area contributed by atoms with Gasteiger partial charge in [-0.05, 0) is 69.4 Å². The van der Waals surface area contributed by atoms with Gasteiger partial charge < -0.3 is 10.2 Å². The van der Waals surface area contributed by atoms with Gasteiger partial charge in [-0.2, -0.15) is 0 Å². The van der Waals surface area contributed by atoms with E-state index in [1.54, 1.807) is 0 Å². The predicted molar refractivity (Wildman–Crippen MR) is 65.3 cm³/mol. The number of fused-ring (bicyclic) bond motifs is 3. The molecule has 1 atom stereocenters. The quantitative estimate of drug-likeness (QED) is 0.778. The SMILES string of the molecule is C1CN2CCC1C(NC(C1CC1)C1CC1)C2. The third-order valence-corrected chi connectivity index (χ3v) is 5.32. The summed E-state index contributed by atoms with van der Waals surface area (Å²) in [4.78, 5) is 2.68. The number of hydrogen-bond acceptors (Lipinski definition) is 2. The largest absolute Gasteiger partial charge is 0.309 e. The molecule has 0 amide bonds. The molecular formula is C14H24N2. The van der Waals surface area contributed by atoms with Gasteiger partial charge in [0.25, 0.3) is 0 Å². The minimum Gasteiger partial charge on any atom is -0.309 e. The zero-order chi connectivity index (χ0) is 10.5. The first kappa shape index (κ1) is 9.90. The van der Waals surface area contributed by atoms with Gasteiger partial charge in [0.15, 0.2) is 0 Å². The summed E-state index contributed by atoms with van der Waals surface area (Å²) in [7, 11) is 0. The predicted octanol–water partition coefficient (Wildman–Crippen LogP) is 1.86. The molecule has 0 aromatic heterocycles. The van der Waals surface area contributed by atoms with Gasteiger partial charge in [-0.1, -0.05) is 0 Å². The maximum Gasteiger partial charge on any atom is 0.0227 e. The lowest BCUT2D eigenvalue weighted by atomic mass is 9.83. The summed E-state index contributed by atoms with van der Waals surface area (Å²) in [6.45, 7) is 4.10. The Kier molecular flexibility index (Phi) is 2.29. The Bertz CT molecular complexity index is 250. The van der Waals surface area contributed by atoms with Crippen LogP contribution in [0, 0.1) is 17.8 Å². The van der Waals surface area contributed by atoms with E-state index in [1.807, 2.05) is 0 Å². The molecule has 3 aliphatic heterocycles. The van der Waals surface area contributed by atoms with Gasteiger partial charge in [-0.25, -0.2) is 0 Å². The van der Waals surface area contributed by atoms with Gasteiger partial charge in [-0.15, -0.1) is 0 Å². The standard InChI is InChI=1S/C14H24N2/c1-2-11(1)14(12-3-4-12)15-13-9-16-7-5-10(13)6-8-16/h10-15H,1-9H2. The maximum absolute atomic E-state index is 4.07. The summed E-state index contributed by atoms with van der Waals surface area (Å²) in [5, 5.41) is 4.07. The Hall–Kier alpha value is -0.0800. The summed E-state index contributed by atoms with van der Waals surface area (Å²) in [5.41, 5.74) is 0. The minimum atomic E-state index is 0.841. The summed E-state index contributed by atoms with van der Waals surface area (Å²) >= 11 is 0. The fourth-order valence-corrected chi connectivity index (χ4v) is 3.97. The van der Waals surface area contributed by atoms with Crippen LogP contribution >= 0.6 is 0 Å². The van der Waals surface area contributed by atoms with Crippen molar-refractivity contribution in [3.05, 3.63) is 0 Å². The van der Waals surface area contributed by atoms with E-state index in [-0.39, 0.29) is 0 Å². The molecule has 0 radical (unpaired) electrons. The molecule has 3 heterocycles. The van der Waals surface area contributed by atoms with Crippen LogP contribution in [0.15, 0.2) is 0 Å². The van der Waals surface area contributed by atoms with Crippen molar-refractivity contribution in [2.75, 3.05) is 19.6 Å². The highest BCUT2D eigenvalue weighted by molar-refractivity contribution is 5.00. The van der Waals surface area contributed by atoms with Gasteiger partial charge in [0.2, 0.25) is 0 Å². The van der Waals surface area contributed by atoms with Crippen molar-refractivity contribution >= 4 is 0 Å². The summed E-state index contributed by atoms with van der Waals surface area (Å²) in [6, 6.07) is 1.75. The van der Waals surface area contributed by atoms with Crippen LogP contribution in [-0.2, 0) is 0 Å². The van der Waals surface area contributed by atoms with E-state index in [2.05, 4.69) is 10.2 Å². The molecule has 1 N–H and O–H groups in total. The molecule has 0 aromatic carbocycles. The summed E-state index contributed by atoms with van der Waals surface area (Å²) < 4.78 is 0. The molecule has 5 rings (SSSR count). The van der Waals surface area contributed by atoms with Crippen LogP contribution in [0.1, 0.15) is 38.5 Å². The maximum atomic E-state index is 4.07. The third-order valence-electron chi connectivity index (χ3n) is 5.32. The Labute approximate surface area is 98.8 Å². The minimum absolute atomic E-state index is 0.841. The first-order chi connectivity index (χ1) is 7.90. The number of piperidine rings is 3. The van der Waals surface area contributed by atoms with Crippen molar-refractivity contribution in [1.82, 2.24) is 10.2 Å². The van der Waals surface area contributed by atoms with Crippen molar-refractivity contribution in [2.45, 2.75) is 50.6 Å². The van der Waals surface area contributed by atoms with E-state index in [4.69, 9.17) is 0 Å². The van der Waals surface area contributed by atoms with E-state index < -0.39 is 0 Å². The van der Waals surface area contributed by atoms with Crippen LogP contribution in [0.4, 0.5) is 0 Å². The van der Waals surface area contributed by atoms with Crippen molar-refractivity contribution in [2.24, 2.45) is 17.8 Å². The first-order valence-corrected chi connectivity index (χ1v) is 7.38. The first-order valence-electron chi connectivity index (χ1n) is 7.38. The Morgan fingerprint density at radius 1 is 0.875 bits per heavy atom. The Morgan fingerprint density at radius 2 is 1.50 bits per heavy atom. The molecule has 2 nitrogen and oxygen atoms in total. The highest BCUT2D eigenvalue weighted by Gasteiger charge is 2.44. The van der Waals surface area contributed by atoms with Crippen molar-refractivity contribution in [3.63, 3.8) is 0 Å². The molecule has 2 saturated carbocycles. The number of nitrogens with one attached hydrogen (secondary N) is 1. The third kappa shape index (κ3) is 1.80. The Balaban J connectivity index is 1.41. The van der Waals surface area contributed by atoms with Crippen LogP contribution in [0.2, 0.25) is 0 Å². The van der Waals surface area contributed by atoms with Crippen LogP contribution in [0.25, 0.3) is 0 Å². The smallest absolute Gasteiger partial charge is 0.0227 e. The molecule has 1 unspecified atom stereocenters. The van der Waals surface area contributed by atoms with E-state index in [0.717, 1.165) is 29.8 Å². The molecule has 90 valence electrons. The molecule has 2 aliphatic carbocycles. The number of rotatable bonds is 4. The highest BCUT2D eigenvalue weighted by atomic mass is 15.2. The zero-order valence-corrected chi connectivity index (χ0v) is 10.2. The summed E-state index contributed by atoms with van der Waals surface area (Å²) in [5.74, 6) is 3.12. The average molecular weight is 220 g/mol. The molecule has 0 spiro atoms. The molecule has 5 aliphatic rings. The summed E-state index contributed by atoms with van der Waals surface area (Å²) in [6.07, 6.45) is 8.95. The van der Waals surface area contributed by atoms with Crippen LogP contribution in [0.5, 0.6) is 0 Å². The molecule has 0 aromatic rings. The molecule has 3 saturated heterocycles. The van der Waals surface area contributed by atoms with Crippen molar-refractivity contribution < 1.29 is 0 Å². The second-order valence-electron chi connectivity index (χ2n) is 6.61. The highest BCUT2D eigenvalue weighted by Crippen LogP contribution is 2.45. The van der Waals surface area contributed by atoms with Crippen molar-refractivity contribution in [3.8, 4) is 0 Å². The lowest BCUT2D eigenvalue weighted by Crippen LogP contribution is -2.58. The second-order valence-corrected chi connectivity index (χ2v) is 6.61. The van der Waals surface area contributed by atoms with E-state index in [1.165, 1.54) is 58.2 Å². The van der Waals surface area contributed by atoms with E-state index >= 15 is 0 Å². The normalized spacial score (nSPS) is 42.9. The van der Waals surface area contributed by atoms with Crippen LogP contribution in [-0.4, -0.2) is 36.6 Å². The Morgan fingerprint density at radius 3 is 1.94 bits per heavy atom. The molecule has 2 bridgehead atoms. The monoisotopic (exact) mass is 220 g/mol. The number of nitrogens with zero attached hydrogens (tertiary/aromatic N) is 1. The number of hydrogen-bond donors (Lipinski definition) is 1. The topological polar surface area (TPSA) is 15.3 Å². The van der Waals surface area contributed by atoms with Gasteiger partial charge in [0.1, 0.15) is 0 Å². The van der Waals surface area contributed by atoms with Gasteiger partial charge in [0.05, 0.1) is 0 Å². The fourth-order valence-electron chi connectivity index (χ4n) is 3.97. The zero-order valence-electron chi connectivity index (χ0n) is 10.2.